The molecule has 0 amide bonds. The van der Waals surface area contributed by atoms with Crippen LogP contribution >= 0.6 is 0 Å². The first-order valence-corrected chi connectivity index (χ1v) is 5.86. The van der Waals surface area contributed by atoms with Crippen LogP contribution in [-0.4, -0.2) is 0 Å². The number of rotatable bonds is 3. The van der Waals surface area contributed by atoms with Gasteiger partial charge in [0.2, 0.25) is 0 Å². The molecule has 1 aromatic rings. The maximum atomic E-state index is 8.68. The lowest BCUT2D eigenvalue weighted by Gasteiger charge is -2.19. The van der Waals surface area contributed by atoms with Crippen LogP contribution in [0.3, 0.4) is 0 Å². The Morgan fingerprint density at radius 3 is 2.00 bits per heavy atom. The third kappa shape index (κ3) is 3.93. The minimum absolute atomic E-state index is 0.167. The first-order chi connectivity index (χ1) is 7.97. The maximum Gasteiger partial charge on any atom is 0.133 e. The van der Waals surface area contributed by atoms with Crippen molar-refractivity contribution in [1.82, 2.24) is 0 Å². The maximum absolute atomic E-state index is 8.68. The molecule has 1 rings (SSSR count). The molecule has 0 aliphatic heterocycles. The zero-order chi connectivity index (χ0) is 12.9. The summed E-state index contributed by atoms with van der Waals surface area (Å²) < 4.78 is 0. The minimum atomic E-state index is -0.489. The molecule has 0 spiro atoms. The zero-order valence-corrected chi connectivity index (χ0v) is 10.7. The molecule has 0 atom stereocenters. The molecule has 2 nitrogen and oxygen atoms in total. The number of aryl methyl sites for hydroxylation is 1. The number of hydrogen-bond acceptors (Lipinski definition) is 2. The van der Waals surface area contributed by atoms with Crippen LogP contribution in [0.5, 0.6) is 0 Å². The normalized spacial score (nSPS) is 10.9. The first kappa shape index (κ1) is 13.3. The summed E-state index contributed by atoms with van der Waals surface area (Å²) in [4.78, 5) is 0. The second-order valence-electron chi connectivity index (χ2n) is 5.30. The molecular weight excluding hydrogens is 208 g/mol. The Balaban J connectivity index is 2.65. The van der Waals surface area contributed by atoms with Gasteiger partial charge in [-0.25, -0.2) is 0 Å². The Hall–Kier alpha value is -1.80. The van der Waals surface area contributed by atoms with Crippen LogP contribution in [0, 0.1) is 28.6 Å². The molecule has 1 aromatic carbocycles. The topological polar surface area (TPSA) is 47.6 Å². The molecule has 17 heavy (non-hydrogen) atoms. The van der Waals surface area contributed by atoms with E-state index in [1.165, 1.54) is 11.1 Å². The summed E-state index contributed by atoms with van der Waals surface area (Å²) in [5.41, 5.74) is 2.66. The van der Waals surface area contributed by atoms with E-state index < -0.39 is 5.92 Å². The van der Waals surface area contributed by atoms with Crippen LogP contribution in [0.2, 0.25) is 0 Å². The van der Waals surface area contributed by atoms with Crippen molar-refractivity contribution in [3.8, 4) is 12.1 Å². The predicted octanol–water partition coefficient (Wildman–Crippen LogP) is 3.58. The summed E-state index contributed by atoms with van der Waals surface area (Å²) in [5.74, 6) is -0.489. The second kappa shape index (κ2) is 5.51. The lowest BCUT2D eigenvalue weighted by Crippen LogP contribution is -2.10. The van der Waals surface area contributed by atoms with Gasteiger partial charge in [0.05, 0.1) is 12.1 Å². The van der Waals surface area contributed by atoms with Crippen LogP contribution < -0.4 is 0 Å². The average Bonchev–Trinajstić information content (AvgIpc) is 2.30. The highest BCUT2D eigenvalue weighted by Gasteiger charge is 2.13. The minimum Gasteiger partial charge on any atom is -0.197 e. The van der Waals surface area contributed by atoms with Crippen LogP contribution in [0.15, 0.2) is 24.3 Å². The van der Waals surface area contributed by atoms with Crippen molar-refractivity contribution in [3.63, 3.8) is 0 Å². The summed E-state index contributed by atoms with van der Waals surface area (Å²) in [6, 6.07) is 12.4. The number of hydrogen-bond donors (Lipinski definition) is 0. The molecule has 0 heterocycles. The van der Waals surface area contributed by atoms with Gasteiger partial charge in [-0.1, -0.05) is 45.0 Å². The van der Waals surface area contributed by atoms with Gasteiger partial charge in [-0.15, -0.1) is 0 Å². The third-order valence-corrected chi connectivity index (χ3v) is 2.85. The van der Waals surface area contributed by atoms with Gasteiger partial charge >= 0.3 is 0 Å². The van der Waals surface area contributed by atoms with Crippen molar-refractivity contribution in [3.05, 3.63) is 35.4 Å². The van der Waals surface area contributed by atoms with E-state index in [1.807, 2.05) is 12.1 Å². The molecule has 0 unspecified atom stereocenters. The van der Waals surface area contributed by atoms with Gasteiger partial charge in [-0.2, -0.15) is 10.5 Å². The van der Waals surface area contributed by atoms with E-state index in [0.29, 0.717) is 6.42 Å². The molecule has 0 N–H and O–H groups in total. The third-order valence-electron chi connectivity index (χ3n) is 2.85. The molecule has 0 fully saturated rings. The molecule has 0 saturated heterocycles. The Bertz CT molecular complexity index is 424. The van der Waals surface area contributed by atoms with E-state index in [2.05, 4.69) is 45.0 Å². The molecule has 2 heteroatoms. The molecule has 0 radical (unpaired) electrons. The van der Waals surface area contributed by atoms with Crippen molar-refractivity contribution in [2.75, 3.05) is 0 Å². The van der Waals surface area contributed by atoms with Crippen molar-refractivity contribution < 1.29 is 0 Å². The highest BCUT2D eigenvalue weighted by molar-refractivity contribution is 5.27. The fourth-order valence-electron chi connectivity index (χ4n) is 1.64. The highest BCUT2D eigenvalue weighted by Crippen LogP contribution is 2.22. The van der Waals surface area contributed by atoms with Crippen LogP contribution in [0.25, 0.3) is 0 Å². The van der Waals surface area contributed by atoms with Crippen molar-refractivity contribution in [2.45, 2.75) is 39.0 Å². The van der Waals surface area contributed by atoms with E-state index in [4.69, 9.17) is 10.5 Å². The summed E-state index contributed by atoms with van der Waals surface area (Å²) in [7, 11) is 0. The molecule has 0 saturated carbocycles. The van der Waals surface area contributed by atoms with Gasteiger partial charge < -0.3 is 0 Å². The van der Waals surface area contributed by atoms with Gasteiger partial charge in [0.25, 0.3) is 0 Å². The summed E-state index contributed by atoms with van der Waals surface area (Å²) in [6.07, 6.45) is 1.40. The Morgan fingerprint density at radius 2 is 1.59 bits per heavy atom. The summed E-state index contributed by atoms with van der Waals surface area (Å²) >= 11 is 0. The molecule has 0 bridgehead atoms. The fourth-order valence-corrected chi connectivity index (χ4v) is 1.64. The lowest BCUT2D eigenvalue weighted by atomic mass is 9.86. The monoisotopic (exact) mass is 226 g/mol. The Morgan fingerprint density at radius 1 is 1.06 bits per heavy atom. The van der Waals surface area contributed by atoms with Crippen molar-refractivity contribution in [1.29, 1.82) is 10.5 Å². The van der Waals surface area contributed by atoms with Crippen LogP contribution in [0.1, 0.15) is 38.3 Å². The van der Waals surface area contributed by atoms with E-state index >= 15 is 0 Å². The Kier molecular flexibility index (Phi) is 4.30. The van der Waals surface area contributed by atoms with Crippen LogP contribution in [-0.2, 0) is 11.8 Å². The van der Waals surface area contributed by atoms with Gasteiger partial charge in [0.15, 0.2) is 0 Å². The van der Waals surface area contributed by atoms with Gasteiger partial charge in [-0.05, 0) is 29.4 Å². The average molecular weight is 226 g/mol. The SMILES string of the molecule is CC(C)(C)c1ccc(CCC(C#N)C#N)cc1. The lowest BCUT2D eigenvalue weighted by molar-refractivity contribution is 0.589. The summed E-state index contributed by atoms with van der Waals surface area (Å²) in [5, 5.41) is 17.4. The highest BCUT2D eigenvalue weighted by atomic mass is 14.3. The molecule has 0 aromatic heterocycles. The van der Waals surface area contributed by atoms with Crippen molar-refractivity contribution in [2.24, 2.45) is 5.92 Å². The van der Waals surface area contributed by atoms with Crippen molar-refractivity contribution >= 4 is 0 Å². The number of benzene rings is 1. The molecule has 0 aliphatic rings. The number of nitriles is 2. The fraction of sp³-hybridized carbons (Fsp3) is 0.467. The number of nitrogens with zero attached hydrogens (tertiary/aromatic N) is 2. The van der Waals surface area contributed by atoms with Crippen LogP contribution in [0.4, 0.5) is 0 Å². The zero-order valence-electron chi connectivity index (χ0n) is 10.7. The Labute approximate surface area is 104 Å². The molecule has 0 aliphatic carbocycles. The first-order valence-electron chi connectivity index (χ1n) is 5.86. The molecular formula is C15H18N2. The van der Waals surface area contributed by atoms with E-state index in [-0.39, 0.29) is 5.41 Å². The predicted molar refractivity (Wildman–Crippen MR) is 68.2 cm³/mol. The van der Waals surface area contributed by atoms with Gasteiger partial charge in [0, 0.05) is 0 Å². The second-order valence-corrected chi connectivity index (χ2v) is 5.30. The van der Waals surface area contributed by atoms with Gasteiger partial charge in [-0.3, -0.25) is 0 Å². The largest absolute Gasteiger partial charge is 0.197 e. The van der Waals surface area contributed by atoms with E-state index in [9.17, 15) is 0 Å². The standard InChI is InChI=1S/C15H18N2/c1-15(2,3)14-8-6-12(7-9-14)4-5-13(10-16)11-17/h6-9,13H,4-5H2,1-3H3. The van der Waals surface area contributed by atoms with E-state index in [0.717, 1.165) is 6.42 Å². The smallest absolute Gasteiger partial charge is 0.133 e. The van der Waals surface area contributed by atoms with E-state index in [1.54, 1.807) is 0 Å². The van der Waals surface area contributed by atoms with Gasteiger partial charge in [0.1, 0.15) is 5.92 Å². The molecule has 88 valence electrons. The quantitative estimate of drug-likeness (QED) is 0.790. The summed E-state index contributed by atoms with van der Waals surface area (Å²) in [6.45, 7) is 6.55.